The van der Waals surface area contributed by atoms with Gasteiger partial charge in [-0.1, -0.05) is 19.9 Å². The Morgan fingerprint density at radius 3 is 2.67 bits per heavy atom. The second kappa shape index (κ2) is 8.47. The summed E-state index contributed by atoms with van der Waals surface area (Å²) in [7, 11) is 1.71. The summed E-state index contributed by atoms with van der Waals surface area (Å²) in [5, 5.41) is 8.70. The van der Waals surface area contributed by atoms with Gasteiger partial charge in [0, 0.05) is 32.0 Å². The van der Waals surface area contributed by atoms with Gasteiger partial charge in [-0.25, -0.2) is 4.79 Å². The predicted octanol–water partition coefficient (Wildman–Crippen LogP) is 3.20. The van der Waals surface area contributed by atoms with Crippen LogP contribution in [0.3, 0.4) is 0 Å². The number of rotatable bonds is 8. The number of carboxylic acid groups (broad SMARTS) is 1. The summed E-state index contributed by atoms with van der Waals surface area (Å²) >= 11 is 0. The molecule has 4 heteroatoms. The van der Waals surface area contributed by atoms with Gasteiger partial charge in [0.2, 0.25) is 0 Å². The number of carboxylic acids is 1. The summed E-state index contributed by atoms with van der Waals surface area (Å²) in [5.41, 5.74) is 3.14. The van der Waals surface area contributed by atoms with E-state index < -0.39 is 5.97 Å². The second-order valence-corrected chi connectivity index (χ2v) is 5.55. The molecule has 116 valence electrons. The van der Waals surface area contributed by atoms with Crippen LogP contribution < -0.4 is 4.90 Å². The summed E-state index contributed by atoms with van der Waals surface area (Å²) in [6, 6.07) is 6.09. The standard InChI is InChI=1S/C17H25NO3/c1-13(2)12-18(9-10-21-4)16-7-5-15(14(3)11-16)6-8-17(19)20/h5-8,11,13H,9-10,12H2,1-4H3,(H,19,20). The molecular formula is C17H25NO3. The van der Waals surface area contributed by atoms with Crippen molar-refractivity contribution in [3.8, 4) is 0 Å². The summed E-state index contributed by atoms with van der Waals surface area (Å²) in [6.07, 6.45) is 2.79. The second-order valence-electron chi connectivity index (χ2n) is 5.55. The third kappa shape index (κ3) is 6.00. The van der Waals surface area contributed by atoms with Crippen molar-refractivity contribution in [3.05, 3.63) is 35.4 Å². The van der Waals surface area contributed by atoms with Crippen LogP contribution in [0.5, 0.6) is 0 Å². The zero-order valence-electron chi connectivity index (χ0n) is 13.3. The van der Waals surface area contributed by atoms with E-state index in [0.29, 0.717) is 12.5 Å². The van der Waals surface area contributed by atoms with Crippen LogP contribution in [0, 0.1) is 12.8 Å². The normalized spacial score (nSPS) is 11.3. The lowest BCUT2D eigenvalue weighted by Gasteiger charge is -2.27. The molecular weight excluding hydrogens is 266 g/mol. The fourth-order valence-corrected chi connectivity index (χ4v) is 2.17. The van der Waals surface area contributed by atoms with Crippen LogP contribution in [0.4, 0.5) is 5.69 Å². The van der Waals surface area contributed by atoms with Crippen molar-refractivity contribution < 1.29 is 14.6 Å². The smallest absolute Gasteiger partial charge is 0.328 e. The average molecular weight is 291 g/mol. The maximum Gasteiger partial charge on any atom is 0.328 e. The van der Waals surface area contributed by atoms with Crippen LogP contribution >= 0.6 is 0 Å². The van der Waals surface area contributed by atoms with Crippen LogP contribution in [-0.4, -0.2) is 37.9 Å². The SMILES string of the molecule is COCCN(CC(C)C)c1ccc(C=CC(=O)O)c(C)c1. The van der Waals surface area contributed by atoms with Gasteiger partial charge in [0.1, 0.15) is 0 Å². The Bertz CT molecular complexity index is 495. The number of hydrogen-bond acceptors (Lipinski definition) is 3. The molecule has 1 aromatic carbocycles. The van der Waals surface area contributed by atoms with Crippen molar-refractivity contribution in [3.63, 3.8) is 0 Å². The van der Waals surface area contributed by atoms with E-state index in [0.717, 1.165) is 29.9 Å². The number of methoxy groups -OCH3 is 1. The van der Waals surface area contributed by atoms with Crippen molar-refractivity contribution in [2.75, 3.05) is 31.7 Å². The summed E-state index contributed by atoms with van der Waals surface area (Å²) in [6.45, 7) is 8.88. The van der Waals surface area contributed by atoms with Crippen LogP contribution in [-0.2, 0) is 9.53 Å². The molecule has 21 heavy (non-hydrogen) atoms. The Balaban J connectivity index is 2.94. The first-order chi connectivity index (χ1) is 9.93. The minimum Gasteiger partial charge on any atom is -0.478 e. The topological polar surface area (TPSA) is 49.8 Å². The highest BCUT2D eigenvalue weighted by Crippen LogP contribution is 2.21. The Labute approximate surface area is 127 Å². The van der Waals surface area contributed by atoms with E-state index in [1.54, 1.807) is 13.2 Å². The number of anilines is 1. The highest BCUT2D eigenvalue weighted by atomic mass is 16.5. The maximum absolute atomic E-state index is 10.6. The lowest BCUT2D eigenvalue weighted by molar-refractivity contribution is -0.131. The predicted molar refractivity (Wildman–Crippen MR) is 86.8 cm³/mol. The molecule has 0 radical (unpaired) electrons. The number of hydrogen-bond donors (Lipinski definition) is 1. The van der Waals surface area contributed by atoms with Crippen LogP contribution in [0.15, 0.2) is 24.3 Å². The number of carbonyl (C=O) groups is 1. The van der Waals surface area contributed by atoms with Gasteiger partial charge in [-0.2, -0.15) is 0 Å². The molecule has 1 rings (SSSR count). The molecule has 0 fully saturated rings. The van der Waals surface area contributed by atoms with Gasteiger partial charge in [0.25, 0.3) is 0 Å². The quantitative estimate of drug-likeness (QED) is 0.747. The molecule has 4 nitrogen and oxygen atoms in total. The lowest BCUT2D eigenvalue weighted by atomic mass is 10.1. The molecule has 0 saturated carbocycles. The van der Waals surface area contributed by atoms with Gasteiger partial charge < -0.3 is 14.7 Å². The van der Waals surface area contributed by atoms with E-state index in [9.17, 15) is 4.79 Å². The largest absolute Gasteiger partial charge is 0.478 e. The summed E-state index contributed by atoms with van der Waals surface area (Å²) in [4.78, 5) is 12.9. The monoisotopic (exact) mass is 291 g/mol. The van der Waals surface area contributed by atoms with E-state index in [-0.39, 0.29) is 0 Å². The fourth-order valence-electron chi connectivity index (χ4n) is 2.17. The molecule has 0 spiro atoms. The minimum absolute atomic E-state index is 0.564. The average Bonchev–Trinajstić information content (AvgIpc) is 2.41. The number of benzene rings is 1. The van der Waals surface area contributed by atoms with Crippen molar-refractivity contribution >= 4 is 17.7 Å². The molecule has 0 unspecified atom stereocenters. The number of aryl methyl sites for hydroxylation is 1. The van der Waals surface area contributed by atoms with E-state index in [2.05, 4.69) is 24.8 Å². The summed E-state index contributed by atoms with van der Waals surface area (Å²) in [5.74, 6) is -0.367. The number of ether oxygens (including phenoxy) is 1. The Morgan fingerprint density at radius 1 is 1.43 bits per heavy atom. The van der Waals surface area contributed by atoms with Gasteiger partial charge in [0.15, 0.2) is 0 Å². The first-order valence-corrected chi connectivity index (χ1v) is 7.19. The molecule has 0 atom stereocenters. The molecule has 0 aromatic heterocycles. The first-order valence-electron chi connectivity index (χ1n) is 7.19. The zero-order valence-corrected chi connectivity index (χ0v) is 13.3. The molecule has 0 bridgehead atoms. The van der Waals surface area contributed by atoms with Crippen LogP contribution in [0.1, 0.15) is 25.0 Å². The molecule has 0 heterocycles. The highest BCUT2D eigenvalue weighted by molar-refractivity contribution is 5.85. The molecule has 1 N–H and O–H groups in total. The third-order valence-corrected chi connectivity index (χ3v) is 3.17. The molecule has 0 aliphatic rings. The van der Waals surface area contributed by atoms with Gasteiger partial charge in [0.05, 0.1) is 6.61 Å². The van der Waals surface area contributed by atoms with Gasteiger partial charge in [-0.05, 0) is 42.2 Å². The molecule has 1 aromatic rings. The third-order valence-electron chi connectivity index (χ3n) is 3.17. The lowest BCUT2D eigenvalue weighted by Crippen LogP contribution is -2.31. The van der Waals surface area contributed by atoms with Crippen molar-refractivity contribution in [1.29, 1.82) is 0 Å². The van der Waals surface area contributed by atoms with Crippen LogP contribution in [0.25, 0.3) is 6.08 Å². The van der Waals surface area contributed by atoms with E-state index >= 15 is 0 Å². The highest BCUT2D eigenvalue weighted by Gasteiger charge is 2.09. The first kappa shape index (κ1) is 17.2. The zero-order chi connectivity index (χ0) is 15.8. The van der Waals surface area contributed by atoms with Crippen molar-refractivity contribution in [2.45, 2.75) is 20.8 Å². The molecule has 0 aliphatic heterocycles. The van der Waals surface area contributed by atoms with E-state index in [4.69, 9.17) is 9.84 Å². The Hall–Kier alpha value is -1.81. The Morgan fingerprint density at radius 2 is 2.14 bits per heavy atom. The van der Waals surface area contributed by atoms with E-state index in [1.807, 2.05) is 19.1 Å². The number of nitrogens with zero attached hydrogens (tertiary/aromatic N) is 1. The van der Waals surface area contributed by atoms with Crippen LogP contribution in [0.2, 0.25) is 0 Å². The molecule has 0 aliphatic carbocycles. The minimum atomic E-state index is -0.931. The fraction of sp³-hybridized carbons (Fsp3) is 0.471. The van der Waals surface area contributed by atoms with E-state index in [1.165, 1.54) is 6.08 Å². The molecule has 0 saturated heterocycles. The Kier molecular flexibility index (Phi) is 6.96. The van der Waals surface area contributed by atoms with Crippen molar-refractivity contribution in [1.82, 2.24) is 0 Å². The van der Waals surface area contributed by atoms with Gasteiger partial charge in [-0.3, -0.25) is 0 Å². The van der Waals surface area contributed by atoms with Gasteiger partial charge >= 0.3 is 5.97 Å². The summed E-state index contributed by atoms with van der Waals surface area (Å²) < 4.78 is 5.18. The van der Waals surface area contributed by atoms with Gasteiger partial charge in [-0.15, -0.1) is 0 Å². The number of aliphatic carboxylic acids is 1. The van der Waals surface area contributed by atoms with Crippen molar-refractivity contribution in [2.24, 2.45) is 5.92 Å². The maximum atomic E-state index is 10.6. The molecule has 0 amide bonds.